The summed E-state index contributed by atoms with van der Waals surface area (Å²) in [5, 5.41) is 22.5. The number of nitrogens with zero attached hydrogens (tertiary/aromatic N) is 2. The highest BCUT2D eigenvalue weighted by Crippen LogP contribution is 2.51. The Labute approximate surface area is 172 Å². The molecule has 1 spiro atoms. The van der Waals surface area contributed by atoms with E-state index in [1.807, 2.05) is 6.07 Å². The van der Waals surface area contributed by atoms with Crippen LogP contribution in [0.4, 0.5) is 0 Å². The van der Waals surface area contributed by atoms with Crippen molar-refractivity contribution in [3.05, 3.63) is 70.2 Å². The predicted molar refractivity (Wildman–Crippen MR) is 110 cm³/mol. The van der Waals surface area contributed by atoms with Gasteiger partial charge in [-0.25, -0.2) is 0 Å². The van der Waals surface area contributed by atoms with Crippen LogP contribution in [0.5, 0.6) is 0 Å². The van der Waals surface area contributed by atoms with Crippen molar-refractivity contribution >= 4 is 0 Å². The van der Waals surface area contributed by atoms with Crippen LogP contribution in [0.15, 0.2) is 42.6 Å². The van der Waals surface area contributed by atoms with Gasteiger partial charge in [0, 0.05) is 31.3 Å². The second kappa shape index (κ2) is 6.79. The normalized spacial score (nSPS) is 27.6. The van der Waals surface area contributed by atoms with Gasteiger partial charge >= 0.3 is 0 Å². The molecule has 5 rings (SSSR count). The number of rotatable bonds is 2. The number of fused-ring (bicyclic) bond motifs is 3. The molecule has 0 bridgehead atoms. The molecule has 2 aromatic rings. The zero-order valence-corrected chi connectivity index (χ0v) is 17.3. The highest BCUT2D eigenvalue weighted by atomic mass is 16.5. The average Bonchev–Trinajstić information content (AvgIpc) is 2.91. The minimum atomic E-state index is -0.663. The lowest BCUT2D eigenvalue weighted by Gasteiger charge is -2.42. The predicted octanol–water partition coefficient (Wildman–Crippen LogP) is 3.17. The molecular formula is C24H30N2O3. The van der Waals surface area contributed by atoms with E-state index in [-0.39, 0.29) is 11.2 Å². The Morgan fingerprint density at radius 1 is 1.14 bits per heavy atom. The molecule has 3 aliphatic rings. The van der Waals surface area contributed by atoms with Gasteiger partial charge in [0.1, 0.15) is 6.10 Å². The molecule has 5 nitrogen and oxygen atoms in total. The van der Waals surface area contributed by atoms with Gasteiger partial charge in [-0.2, -0.15) is 4.73 Å². The standard InChI is InChI=1S/C24H30N2O3/c1-23(2)19-7-3-4-8-20(19)24(29-23)9-12-25(13-10-24)16-17-14-18-6-5-11-26(28)22(18)21(27)15-17/h3-8,11,17,21,27H,9-10,12-16H2,1-2H3/t17-,21+/m1/s1. The van der Waals surface area contributed by atoms with Gasteiger partial charge in [0.2, 0.25) is 5.69 Å². The summed E-state index contributed by atoms with van der Waals surface area (Å²) < 4.78 is 7.49. The van der Waals surface area contributed by atoms with Crippen molar-refractivity contribution in [1.29, 1.82) is 0 Å². The van der Waals surface area contributed by atoms with Crippen LogP contribution in [0.2, 0.25) is 0 Å². The van der Waals surface area contributed by atoms with E-state index in [1.165, 1.54) is 17.3 Å². The van der Waals surface area contributed by atoms with Crippen molar-refractivity contribution in [2.45, 2.75) is 56.8 Å². The summed E-state index contributed by atoms with van der Waals surface area (Å²) in [6.07, 6.45) is 4.34. The van der Waals surface area contributed by atoms with Crippen LogP contribution in [0.3, 0.4) is 0 Å². The number of benzene rings is 1. The van der Waals surface area contributed by atoms with Crippen LogP contribution in [0, 0.1) is 11.1 Å². The topological polar surface area (TPSA) is 59.6 Å². The molecule has 29 heavy (non-hydrogen) atoms. The van der Waals surface area contributed by atoms with Crippen molar-refractivity contribution in [3.8, 4) is 0 Å². The van der Waals surface area contributed by atoms with Crippen LogP contribution >= 0.6 is 0 Å². The van der Waals surface area contributed by atoms with Gasteiger partial charge in [-0.3, -0.25) is 0 Å². The largest absolute Gasteiger partial charge is 0.618 e. The van der Waals surface area contributed by atoms with E-state index >= 15 is 0 Å². The van der Waals surface area contributed by atoms with Crippen molar-refractivity contribution in [3.63, 3.8) is 0 Å². The summed E-state index contributed by atoms with van der Waals surface area (Å²) in [6.45, 7) is 7.32. The Kier molecular flexibility index (Phi) is 4.46. The van der Waals surface area contributed by atoms with E-state index in [2.05, 4.69) is 43.0 Å². The van der Waals surface area contributed by atoms with E-state index in [9.17, 15) is 10.3 Å². The minimum absolute atomic E-state index is 0.163. The zero-order valence-electron chi connectivity index (χ0n) is 17.3. The summed E-state index contributed by atoms with van der Waals surface area (Å²) in [5.74, 6) is 0.377. The first-order chi connectivity index (χ1) is 13.9. The Bertz CT molecular complexity index is 918. The smallest absolute Gasteiger partial charge is 0.224 e. The molecule has 0 radical (unpaired) electrons. The van der Waals surface area contributed by atoms with E-state index in [0.717, 1.165) is 49.2 Å². The molecule has 1 fully saturated rings. The minimum Gasteiger partial charge on any atom is -0.618 e. The number of aliphatic hydroxyl groups excluding tert-OH is 1. The maximum absolute atomic E-state index is 12.0. The third kappa shape index (κ3) is 3.16. The van der Waals surface area contributed by atoms with Crippen LogP contribution in [0.1, 0.15) is 61.6 Å². The lowest BCUT2D eigenvalue weighted by molar-refractivity contribution is -0.619. The van der Waals surface area contributed by atoms with Gasteiger partial charge in [0.25, 0.3) is 0 Å². The molecule has 3 heterocycles. The first-order valence-corrected chi connectivity index (χ1v) is 10.8. The lowest BCUT2D eigenvalue weighted by Crippen LogP contribution is -2.46. The molecule has 0 unspecified atom stereocenters. The van der Waals surface area contributed by atoms with Crippen LogP contribution < -0.4 is 4.73 Å². The Balaban J connectivity index is 1.27. The second-order valence-electron chi connectivity index (χ2n) is 9.52. The maximum Gasteiger partial charge on any atom is 0.224 e. The molecule has 1 N–H and O–H groups in total. The second-order valence-corrected chi connectivity index (χ2v) is 9.52. The third-order valence-electron chi connectivity index (χ3n) is 7.16. The Morgan fingerprint density at radius 3 is 2.62 bits per heavy atom. The van der Waals surface area contributed by atoms with Crippen molar-refractivity contribution < 1.29 is 14.6 Å². The molecule has 1 aliphatic carbocycles. The van der Waals surface area contributed by atoms with Crippen LogP contribution in [-0.2, 0) is 22.4 Å². The number of piperidine rings is 1. The number of aliphatic hydroxyl groups is 1. The third-order valence-corrected chi connectivity index (χ3v) is 7.16. The number of hydrogen-bond acceptors (Lipinski definition) is 4. The summed E-state index contributed by atoms with van der Waals surface area (Å²) >= 11 is 0. The fraction of sp³-hybridized carbons (Fsp3) is 0.542. The number of pyridine rings is 1. The maximum atomic E-state index is 12.0. The molecular weight excluding hydrogens is 364 g/mol. The van der Waals surface area contributed by atoms with Crippen LogP contribution in [-0.4, -0.2) is 29.6 Å². The molecule has 0 amide bonds. The van der Waals surface area contributed by atoms with Crippen LogP contribution in [0.25, 0.3) is 0 Å². The number of ether oxygens (including phenoxy) is 1. The van der Waals surface area contributed by atoms with Crippen molar-refractivity contribution in [1.82, 2.24) is 4.90 Å². The highest BCUT2D eigenvalue weighted by Gasteiger charge is 2.50. The highest BCUT2D eigenvalue weighted by molar-refractivity contribution is 5.41. The van der Waals surface area contributed by atoms with Gasteiger partial charge in [0.15, 0.2) is 6.20 Å². The van der Waals surface area contributed by atoms with Crippen molar-refractivity contribution in [2.24, 2.45) is 5.92 Å². The van der Waals surface area contributed by atoms with E-state index < -0.39 is 6.10 Å². The Hall–Kier alpha value is -1.95. The molecule has 5 heteroatoms. The number of aromatic nitrogens is 1. The van der Waals surface area contributed by atoms with E-state index in [1.54, 1.807) is 6.07 Å². The fourth-order valence-corrected chi connectivity index (χ4v) is 5.88. The van der Waals surface area contributed by atoms with Gasteiger partial charge < -0.3 is 20.0 Å². The lowest BCUT2D eigenvalue weighted by atomic mass is 9.81. The summed E-state index contributed by atoms with van der Waals surface area (Å²) in [4.78, 5) is 2.51. The van der Waals surface area contributed by atoms with Gasteiger partial charge in [-0.05, 0) is 62.6 Å². The molecule has 2 atom stereocenters. The SMILES string of the molecule is CC1(C)OC2(CCN(C[C@@H]3Cc4ccc[n+]([O-])c4[C@@H](O)C3)CC2)c2ccccc21. The molecule has 1 saturated heterocycles. The van der Waals surface area contributed by atoms with Gasteiger partial charge in [-0.15, -0.1) is 0 Å². The van der Waals surface area contributed by atoms with Gasteiger partial charge in [0.05, 0.1) is 11.2 Å². The van der Waals surface area contributed by atoms with E-state index in [0.29, 0.717) is 18.0 Å². The van der Waals surface area contributed by atoms with Gasteiger partial charge in [-0.1, -0.05) is 24.3 Å². The number of hydrogen-bond donors (Lipinski definition) is 1. The summed E-state index contributed by atoms with van der Waals surface area (Å²) in [7, 11) is 0. The zero-order chi connectivity index (χ0) is 20.2. The molecule has 2 aliphatic heterocycles. The fourth-order valence-electron chi connectivity index (χ4n) is 5.88. The first kappa shape index (κ1) is 19.0. The average molecular weight is 395 g/mol. The molecule has 1 aromatic heterocycles. The number of likely N-dealkylation sites (tertiary alicyclic amines) is 1. The van der Waals surface area contributed by atoms with E-state index in [4.69, 9.17) is 4.74 Å². The summed E-state index contributed by atoms with van der Waals surface area (Å²) in [6, 6.07) is 12.4. The Morgan fingerprint density at radius 2 is 1.86 bits per heavy atom. The summed E-state index contributed by atoms with van der Waals surface area (Å²) in [5.41, 5.74) is 3.83. The van der Waals surface area contributed by atoms with Crippen molar-refractivity contribution in [2.75, 3.05) is 19.6 Å². The molecule has 154 valence electrons. The monoisotopic (exact) mass is 394 g/mol. The first-order valence-electron chi connectivity index (χ1n) is 10.8. The molecule has 0 saturated carbocycles. The quantitative estimate of drug-likeness (QED) is 0.628. The molecule has 1 aromatic carbocycles.